The van der Waals surface area contributed by atoms with Gasteiger partial charge in [-0.15, -0.1) is 0 Å². The second-order valence-electron chi connectivity index (χ2n) is 5.80. The van der Waals surface area contributed by atoms with Gasteiger partial charge in [-0.2, -0.15) is 1.33 Å². The first-order valence-electron chi connectivity index (χ1n) is 7.90. The molecule has 23 heavy (non-hydrogen) atoms. The maximum Gasteiger partial charge on any atom is 0.0435 e. The first-order valence-corrected chi connectivity index (χ1v) is 11.0. The van der Waals surface area contributed by atoms with Gasteiger partial charge < -0.3 is 0 Å². The fourth-order valence-electron chi connectivity index (χ4n) is 2.81. The number of benzene rings is 1. The minimum atomic E-state index is 0.766. The Balaban J connectivity index is 0.000000174. The SMILES string of the molecule is Cn1ccn(C2CCCCC2)[c]1=[Pt].IN(I)Cc1ccccc1. The van der Waals surface area contributed by atoms with E-state index >= 15 is 0 Å². The van der Waals surface area contributed by atoms with Crippen LogP contribution in [0.1, 0.15) is 43.7 Å². The summed E-state index contributed by atoms with van der Waals surface area (Å²) >= 11 is 6.94. The van der Waals surface area contributed by atoms with E-state index in [9.17, 15) is 0 Å². The molecule has 0 aliphatic heterocycles. The van der Waals surface area contributed by atoms with E-state index in [-0.39, 0.29) is 0 Å². The van der Waals surface area contributed by atoms with Gasteiger partial charge in [-0.1, -0.05) is 30.3 Å². The predicted molar refractivity (Wildman–Crippen MR) is 109 cm³/mol. The maximum absolute atomic E-state index is 2.43. The number of rotatable bonds is 3. The number of aromatic nitrogens is 2. The van der Waals surface area contributed by atoms with Crippen LogP contribution in [-0.2, 0) is 32.9 Å². The number of hydrogen-bond donors (Lipinski definition) is 0. The van der Waals surface area contributed by atoms with Gasteiger partial charge in [0.25, 0.3) is 0 Å². The molecule has 1 aliphatic carbocycles. The topological polar surface area (TPSA) is 13.1 Å². The van der Waals surface area contributed by atoms with Crippen molar-refractivity contribution in [1.82, 2.24) is 10.5 Å². The summed E-state index contributed by atoms with van der Waals surface area (Å²) in [5, 5.41) is 0. The van der Waals surface area contributed by atoms with Crippen molar-refractivity contribution in [2.45, 2.75) is 44.7 Å². The van der Waals surface area contributed by atoms with E-state index in [0.29, 0.717) is 0 Å². The summed E-state index contributed by atoms with van der Waals surface area (Å²) in [7, 11) is 2.11. The average molecular weight is 718 g/mol. The summed E-state index contributed by atoms with van der Waals surface area (Å²) in [4.78, 5) is 0. The van der Waals surface area contributed by atoms with Crippen molar-refractivity contribution in [1.29, 1.82) is 0 Å². The van der Waals surface area contributed by atoms with Gasteiger partial charge in [-0.3, -0.25) is 0 Å². The Labute approximate surface area is 177 Å². The Morgan fingerprint density at radius 1 is 1.09 bits per heavy atom. The molecule has 1 saturated carbocycles. The summed E-state index contributed by atoms with van der Waals surface area (Å²) < 4.78 is 8.08. The van der Waals surface area contributed by atoms with Gasteiger partial charge in [0, 0.05) is 52.3 Å². The second kappa shape index (κ2) is 10.5. The molecule has 1 aromatic heterocycles. The van der Waals surface area contributed by atoms with Crippen LogP contribution in [-0.4, -0.2) is 10.5 Å². The zero-order valence-corrected chi connectivity index (χ0v) is 19.9. The largest absolute Gasteiger partial charge is 0.184 e. The zero-order valence-electron chi connectivity index (χ0n) is 13.3. The molecule has 0 spiro atoms. The number of hydrogen-bond acceptors (Lipinski definition) is 1. The molecule has 130 valence electrons. The summed E-state index contributed by atoms with van der Waals surface area (Å²) in [5.74, 6) is 0. The van der Waals surface area contributed by atoms with E-state index in [2.05, 4.69) is 119 Å². The molecule has 2 aromatic rings. The predicted octanol–water partition coefficient (Wildman–Crippen LogP) is 5.60. The first kappa shape index (κ1) is 19.9. The van der Waals surface area contributed by atoms with Gasteiger partial charge in [-0.25, -0.2) is 0 Å². The van der Waals surface area contributed by atoms with Crippen LogP contribution in [0.3, 0.4) is 0 Å². The van der Waals surface area contributed by atoms with E-state index in [1.807, 2.05) is 6.07 Å². The van der Waals surface area contributed by atoms with Crippen molar-refractivity contribution in [3.8, 4) is 0 Å². The van der Waals surface area contributed by atoms with Gasteiger partial charge >= 0.3 is 89.9 Å². The molecule has 3 nitrogen and oxygen atoms in total. The Hall–Kier alpha value is 0.538. The summed E-state index contributed by atoms with van der Waals surface area (Å²) in [6, 6.07) is 11.2. The molecule has 0 amide bonds. The van der Waals surface area contributed by atoms with Crippen LogP contribution in [0.4, 0.5) is 0 Å². The molecule has 0 radical (unpaired) electrons. The van der Waals surface area contributed by atoms with Crippen LogP contribution in [0.25, 0.3) is 0 Å². The third-order valence-corrected chi connectivity index (χ3v) is 6.10. The van der Waals surface area contributed by atoms with E-state index < -0.39 is 0 Å². The third-order valence-electron chi connectivity index (χ3n) is 4.03. The van der Waals surface area contributed by atoms with Gasteiger partial charge in [0.1, 0.15) is 0 Å². The second-order valence-corrected chi connectivity index (χ2v) is 11.0. The third kappa shape index (κ3) is 6.75. The van der Waals surface area contributed by atoms with E-state index in [1.165, 1.54) is 41.5 Å². The van der Waals surface area contributed by atoms with Crippen molar-refractivity contribution in [3.63, 3.8) is 0 Å². The Morgan fingerprint density at radius 2 is 1.74 bits per heavy atom. The Kier molecular flexibility index (Phi) is 9.08. The van der Waals surface area contributed by atoms with Crippen molar-refractivity contribution in [3.05, 3.63) is 52.1 Å². The fraction of sp³-hybridized carbons (Fsp3) is 0.471. The first-order chi connectivity index (χ1) is 11.1. The summed E-state index contributed by atoms with van der Waals surface area (Å²) in [6.45, 7) is 1.00. The van der Waals surface area contributed by atoms with Gasteiger partial charge in [0.15, 0.2) is 0 Å². The molecule has 0 bridgehead atoms. The minimum absolute atomic E-state index is 0.766. The molecule has 0 atom stereocenters. The number of nitrogens with zero attached hydrogens (tertiary/aromatic N) is 3. The molecule has 3 rings (SSSR count). The standard InChI is InChI=1S/C10H16N2.C7H7I2N.Pt/c1-11-7-8-12(9-11)10-5-3-2-4-6-10;8-10(9)6-7-4-2-1-3-5-7;/h7-8,10H,2-6H2,1H3;1-5H,6H2;. The quantitative estimate of drug-likeness (QED) is 0.298. The Bertz CT molecular complexity index is 631. The molecule has 1 fully saturated rings. The van der Waals surface area contributed by atoms with Crippen molar-refractivity contribution in [2.24, 2.45) is 7.05 Å². The molecule has 0 saturated heterocycles. The molecular weight excluding hydrogens is 695 g/mol. The van der Waals surface area contributed by atoms with Crippen LogP contribution < -0.4 is 0 Å². The normalized spacial score (nSPS) is 15.4. The van der Waals surface area contributed by atoms with Crippen LogP contribution in [0.15, 0.2) is 42.7 Å². The smallest absolute Gasteiger partial charge is 0.0435 e. The van der Waals surface area contributed by atoms with Gasteiger partial charge in [0.2, 0.25) is 0 Å². The zero-order chi connectivity index (χ0) is 16.7. The fourth-order valence-corrected chi connectivity index (χ4v) is 4.35. The maximum atomic E-state index is 2.43. The van der Waals surface area contributed by atoms with Crippen LogP contribution >= 0.6 is 45.7 Å². The molecule has 1 aromatic carbocycles. The van der Waals surface area contributed by atoms with E-state index in [4.69, 9.17) is 0 Å². The van der Waals surface area contributed by atoms with Gasteiger partial charge in [-0.05, 0) is 5.56 Å². The summed E-state index contributed by atoms with van der Waals surface area (Å²) in [5.41, 5.74) is 1.35. The van der Waals surface area contributed by atoms with Crippen molar-refractivity contribution >= 4 is 45.7 Å². The number of halogens is 2. The van der Waals surface area contributed by atoms with Gasteiger partial charge in [0.05, 0.1) is 0 Å². The van der Waals surface area contributed by atoms with Crippen LogP contribution in [0.2, 0.25) is 0 Å². The number of imidazole rings is 1. The summed E-state index contributed by atoms with van der Waals surface area (Å²) in [6.07, 6.45) is 11.3. The van der Waals surface area contributed by atoms with Crippen molar-refractivity contribution in [2.75, 3.05) is 0 Å². The van der Waals surface area contributed by atoms with E-state index in [1.54, 1.807) is 0 Å². The average Bonchev–Trinajstić information content (AvgIpc) is 2.89. The van der Waals surface area contributed by atoms with Crippen LogP contribution in [0.5, 0.6) is 0 Å². The molecule has 0 N–H and O–H groups in total. The minimum Gasteiger partial charge on any atom is -0.184 e. The molecule has 6 heteroatoms. The van der Waals surface area contributed by atoms with E-state index in [0.717, 1.165) is 12.6 Å². The Morgan fingerprint density at radius 3 is 2.26 bits per heavy atom. The monoisotopic (exact) mass is 718 g/mol. The molecule has 1 aliphatic rings. The number of aryl methyl sites for hydroxylation is 1. The van der Waals surface area contributed by atoms with Crippen molar-refractivity contribution < 1.29 is 19.4 Å². The molecular formula is C17H23I2N3Pt. The van der Waals surface area contributed by atoms with Crippen LogP contribution in [0, 0.1) is 3.80 Å². The molecule has 0 unspecified atom stereocenters. The molecule has 1 heterocycles.